The van der Waals surface area contributed by atoms with Crippen molar-refractivity contribution in [3.05, 3.63) is 32.4 Å². The van der Waals surface area contributed by atoms with Gasteiger partial charge >= 0.3 is 0 Å². The second-order valence-corrected chi connectivity index (χ2v) is 6.03. The lowest BCUT2D eigenvalue weighted by molar-refractivity contribution is -0.127. The van der Waals surface area contributed by atoms with Crippen LogP contribution in [0.15, 0.2) is 12.1 Å². The molecule has 1 aliphatic rings. The highest BCUT2D eigenvalue weighted by molar-refractivity contribution is 14.1. The van der Waals surface area contributed by atoms with Crippen LogP contribution in [0.3, 0.4) is 0 Å². The minimum absolute atomic E-state index is 0.103. The highest BCUT2D eigenvalue weighted by Gasteiger charge is 2.41. The van der Waals surface area contributed by atoms with Crippen LogP contribution in [0.4, 0.5) is 0 Å². The van der Waals surface area contributed by atoms with Crippen LogP contribution in [0.1, 0.15) is 36.5 Å². The van der Waals surface area contributed by atoms with Crippen LogP contribution in [0.2, 0.25) is 0 Å². The molecule has 0 amide bonds. The quantitative estimate of drug-likeness (QED) is 0.725. The number of rotatable bonds is 1. The Morgan fingerprint density at radius 3 is 2.27 bits per heavy atom. The third kappa shape index (κ3) is 1.84. The Morgan fingerprint density at radius 1 is 1.20 bits per heavy atom. The van der Waals surface area contributed by atoms with Gasteiger partial charge in [0.2, 0.25) is 0 Å². The molecule has 80 valence electrons. The van der Waals surface area contributed by atoms with Crippen LogP contribution >= 0.6 is 22.6 Å². The molecule has 1 nitrogen and oxygen atoms in total. The second-order valence-electron chi connectivity index (χ2n) is 4.87. The number of carbonyl (C=O) groups is 1. The number of carbonyl (C=O) groups excluding carboxylic acids is 1. The van der Waals surface area contributed by atoms with Gasteiger partial charge in [0.05, 0.1) is 0 Å². The second kappa shape index (κ2) is 3.58. The number of hydrogen-bond donors (Lipinski definition) is 0. The van der Waals surface area contributed by atoms with Crippen LogP contribution < -0.4 is 0 Å². The summed E-state index contributed by atoms with van der Waals surface area (Å²) in [4.78, 5) is 11.1. The molecule has 0 atom stereocenters. The molecule has 1 saturated carbocycles. The molecule has 0 radical (unpaired) electrons. The number of benzene rings is 1. The molecule has 0 bridgehead atoms. The van der Waals surface area contributed by atoms with E-state index in [1.165, 1.54) is 20.3 Å². The minimum Gasteiger partial charge on any atom is -0.300 e. The molecule has 1 fully saturated rings. The molecule has 2 rings (SSSR count). The van der Waals surface area contributed by atoms with Crippen molar-refractivity contribution in [3.8, 4) is 0 Å². The van der Waals surface area contributed by atoms with E-state index in [4.69, 9.17) is 0 Å². The maximum Gasteiger partial charge on any atom is 0.134 e. The van der Waals surface area contributed by atoms with Crippen molar-refractivity contribution in [2.24, 2.45) is 0 Å². The molecule has 1 aromatic rings. The van der Waals surface area contributed by atoms with E-state index in [1.807, 2.05) is 0 Å². The summed E-state index contributed by atoms with van der Waals surface area (Å²) in [7, 11) is 0. The van der Waals surface area contributed by atoms with Gasteiger partial charge < -0.3 is 0 Å². The molecule has 0 aromatic heterocycles. The van der Waals surface area contributed by atoms with E-state index in [9.17, 15) is 4.79 Å². The van der Waals surface area contributed by atoms with Crippen LogP contribution in [0.25, 0.3) is 0 Å². The monoisotopic (exact) mass is 314 g/mol. The Balaban J connectivity index is 2.45. The Kier molecular flexibility index (Phi) is 2.65. The molecule has 0 N–H and O–H groups in total. The first-order chi connectivity index (χ1) is 6.92. The summed E-state index contributed by atoms with van der Waals surface area (Å²) >= 11 is 2.38. The fraction of sp³-hybridized carbons (Fsp3) is 0.462. The molecule has 1 aliphatic carbocycles. The molecular formula is C13H15IO. The van der Waals surface area contributed by atoms with E-state index in [1.54, 1.807) is 0 Å². The Morgan fingerprint density at radius 2 is 1.73 bits per heavy atom. The van der Waals surface area contributed by atoms with Crippen molar-refractivity contribution in [1.82, 2.24) is 0 Å². The average Bonchev–Trinajstić information content (AvgIpc) is 2.08. The highest BCUT2D eigenvalue weighted by Crippen LogP contribution is 2.43. The summed E-state index contributed by atoms with van der Waals surface area (Å²) in [6.07, 6.45) is 1.43. The van der Waals surface area contributed by atoms with E-state index in [2.05, 4.69) is 55.5 Å². The SMILES string of the molecule is Cc1cc(I)c(C2(C)CC(=O)C2)cc1C. The van der Waals surface area contributed by atoms with Crippen LogP contribution in [-0.4, -0.2) is 5.78 Å². The molecule has 0 aliphatic heterocycles. The topological polar surface area (TPSA) is 17.1 Å². The minimum atomic E-state index is 0.103. The fourth-order valence-corrected chi connectivity index (χ4v) is 3.53. The number of Topliss-reactive ketones (excluding diaryl/α,β-unsaturated/α-hetero) is 1. The lowest BCUT2D eigenvalue weighted by atomic mass is 9.65. The molecular weight excluding hydrogens is 299 g/mol. The van der Waals surface area contributed by atoms with Crippen molar-refractivity contribution in [2.75, 3.05) is 0 Å². The Hall–Kier alpha value is -0.380. The summed E-state index contributed by atoms with van der Waals surface area (Å²) in [6, 6.07) is 4.48. The average molecular weight is 314 g/mol. The standard InChI is InChI=1S/C13H15IO/c1-8-4-11(12(14)5-9(8)2)13(3)6-10(15)7-13/h4-5H,6-7H2,1-3H3. The zero-order chi connectivity index (χ0) is 11.2. The zero-order valence-electron chi connectivity index (χ0n) is 9.36. The maximum atomic E-state index is 11.1. The first-order valence-electron chi connectivity index (χ1n) is 5.21. The van der Waals surface area contributed by atoms with Crippen molar-refractivity contribution < 1.29 is 4.79 Å². The van der Waals surface area contributed by atoms with E-state index in [0.717, 1.165) is 0 Å². The summed E-state index contributed by atoms with van der Waals surface area (Å²) in [5.41, 5.74) is 4.11. The molecule has 0 heterocycles. The van der Waals surface area contributed by atoms with Gasteiger partial charge in [0.15, 0.2) is 0 Å². The molecule has 0 spiro atoms. The first-order valence-corrected chi connectivity index (χ1v) is 6.29. The molecule has 15 heavy (non-hydrogen) atoms. The molecule has 0 saturated heterocycles. The van der Waals surface area contributed by atoms with Gasteiger partial charge in [0, 0.05) is 21.8 Å². The van der Waals surface area contributed by atoms with Gasteiger partial charge in [-0.3, -0.25) is 4.79 Å². The summed E-state index contributed by atoms with van der Waals surface area (Å²) < 4.78 is 1.30. The van der Waals surface area contributed by atoms with Gasteiger partial charge in [-0.15, -0.1) is 0 Å². The van der Waals surface area contributed by atoms with Crippen LogP contribution in [0.5, 0.6) is 0 Å². The number of halogens is 1. The van der Waals surface area contributed by atoms with Gasteiger partial charge in [-0.25, -0.2) is 0 Å². The highest BCUT2D eigenvalue weighted by atomic mass is 127. The molecule has 2 heteroatoms. The third-order valence-electron chi connectivity index (χ3n) is 3.41. The summed E-state index contributed by atoms with van der Waals surface area (Å²) in [6.45, 7) is 6.47. The largest absolute Gasteiger partial charge is 0.300 e. The lowest BCUT2D eigenvalue weighted by Crippen LogP contribution is -2.39. The maximum absolute atomic E-state index is 11.1. The zero-order valence-corrected chi connectivity index (χ0v) is 11.5. The molecule has 0 unspecified atom stereocenters. The van der Waals surface area contributed by atoms with E-state index in [-0.39, 0.29) is 5.41 Å². The predicted molar refractivity (Wildman–Crippen MR) is 70.2 cm³/mol. The number of aryl methyl sites for hydroxylation is 2. The lowest BCUT2D eigenvalue weighted by Gasteiger charge is -2.38. The number of ketones is 1. The van der Waals surface area contributed by atoms with Crippen molar-refractivity contribution in [3.63, 3.8) is 0 Å². The first kappa shape index (κ1) is 11.1. The smallest absolute Gasteiger partial charge is 0.134 e. The Bertz CT molecular complexity index is 426. The molecule has 1 aromatic carbocycles. The van der Waals surface area contributed by atoms with E-state index >= 15 is 0 Å². The fourth-order valence-electron chi connectivity index (χ4n) is 2.25. The predicted octanol–water partition coefficient (Wildman–Crippen LogP) is 3.53. The van der Waals surface area contributed by atoms with Gasteiger partial charge in [-0.1, -0.05) is 13.0 Å². The van der Waals surface area contributed by atoms with Crippen molar-refractivity contribution >= 4 is 28.4 Å². The van der Waals surface area contributed by atoms with Crippen LogP contribution in [0, 0.1) is 17.4 Å². The van der Waals surface area contributed by atoms with Crippen LogP contribution in [-0.2, 0) is 10.2 Å². The van der Waals surface area contributed by atoms with Gasteiger partial charge in [0.1, 0.15) is 5.78 Å². The number of hydrogen-bond acceptors (Lipinski definition) is 1. The van der Waals surface area contributed by atoms with Crippen molar-refractivity contribution in [2.45, 2.75) is 39.0 Å². The summed E-state index contributed by atoms with van der Waals surface area (Å²) in [5, 5.41) is 0. The van der Waals surface area contributed by atoms with E-state index in [0.29, 0.717) is 18.6 Å². The van der Waals surface area contributed by atoms with E-state index < -0.39 is 0 Å². The third-order valence-corrected chi connectivity index (χ3v) is 4.30. The van der Waals surface area contributed by atoms with Gasteiger partial charge in [-0.05, 0) is 59.2 Å². The van der Waals surface area contributed by atoms with Gasteiger partial charge in [-0.2, -0.15) is 0 Å². The normalized spacial score (nSPS) is 18.8. The van der Waals surface area contributed by atoms with Crippen molar-refractivity contribution in [1.29, 1.82) is 0 Å². The Labute approximate surface area is 104 Å². The van der Waals surface area contributed by atoms with Gasteiger partial charge in [0.25, 0.3) is 0 Å². The summed E-state index contributed by atoms with van der Waals surface area (Å²) in [5.74, 6) is 0.395.